The van der Waals surface area contributed by atoms with Crippen LogP contribution in [0.15, 0.2) is 33.5 Å². The summed E-state index contributed by atoms with van der Waals surface area (Å²) in [7, 11) is -4.80. The predicted molar refractivity (Wildman–Crippen MR) is 139 cm³/mol. The first-order valence-corrected chi connectivity index (χ1v) is 14.4. The molecule has 0 spiro atoms. The highest BCUT2D eigenvalue weighted by Gasteiger charge is 2.38. The van der Waals surface area contributed by atoms with Gasteiger partial charge in [0.1, 0.15) is 5.58 Å². The van der Waals surface area contributed by atoms with Crippen LogP contribution in [0.2, 0.25) is 0 Å². The van der Waals surface area contributed by atoms with Crippen LogP contribution in [0.5, 0.6) is 0 Å². The molecule has 1 fully saturated rings. The number of anilines is 1. The van der Waals surface area contributed by atoms with E-state index in [4.69, 9.17) is 9.15 Å². The molecule has 41 heavy (non-hydrogen) atoms. The highest BCUT2D eigenvalue weighted by Crippen LogP contribution is 2.44. The van der Waals surface area contributed by atoms with Crippen molar-refractivity contribution in [1.82, 2.24) is 0 Å². The number of alkyl halides is 3. The van der Waals surface area contributed by atoms with Crippen LogP contribution in [0, 0.1) is 0 Å². The number of ketones is 2. The fraction of sp³-hybridized carbons (Fsp3) is 0.481. The van der Waals surface area contributed by atoms with Crippen molar-refractivity contribution in [3.63, 3.8) is 0 Å². The molecule has 14 heteroatoms. The summed E-state index contributed by atoms with van der Waals surface area (Å²) in [5.74, 6) is -2.46. The zero-order valence-corrected chi connectivity index (χ0v) is 23.0. The van der Waals surface area contributed by atoms with Crippen LogP contribution >= 0.6 is 0 Å². The SMILES string of the molecule is CC1(C)C=C(CS(=O)(=O)[O-])c2cc3c(C(F)(F)F)cc(=O)oc3cc2N1CCCCCC(=O)OC1C(=O)CCC1=O. The molecule has 2 aromatic rings. The number of carbonyl (C=O) groups is 3. The number of halogens is 3. The number of hydrogen-bond acceptors (Lipinski definition) is 10. The summed E-state index contributed by atoms with van der Waals surface area (Å²) in [5.41, 5.74) is -3.32. The Morgan fingerprint density at radius 3 is 2.37 bits per heavy atom. The second-order valence-corrected chi connectivity index (χ2v) is 12.0. The van der Waals surface area contributed by atoms with Crippen molar-refractivity contribution < 1.29 is 49.7 Å². The van der Waals surface area contributed by atoms with E-state index in [1.165, 1.54) is 12.1 Å². The first-order chi connectivity index (χ1) is 19.0. The fourth-order valence-corrected chi connectivity index (χ4v) is 5.87. The van der Waals surface area contributed by atoms with Gasteiger partial charge in [-0.3, -0.25) is 14.4 Å². The van der Waals surface area contributed by atoms with Crippen molar-refractivity contribution in [3.8, 4) is 0 Å². The van der Waals surface area contributed by atoms with Crippen LogP contribution in [0.4, 0.5) is 18.9 Å². The molecule has 4 rings (SSSR count). The lowest BCUT2D eigenvalue weighted by molar-refractivity contribution is -0.157. The van der Waals surface area contributed by atoms with Crippen LogP contribution in [0.25, 0.3) is 16.5 Å². The van der Waals surface area contributed by atoms with E-state index in [9.17, 15) is 45.3 Å². The van der Waals surface area contributed by atoms with Gasteiger partial charge in [-0.05, 0) is 38.3 Å². The van der Waals surface area contributed by atoms with Crippen molar-refractivity contribution in [2.45, 2.75) is 70.2 Å². The molecular weight excluding hydrogens is 571 g/mol. The van der Waals surface area contributed by atoms with Gasteiger partial charge in [-0.15, -0.1) is 0 Å². The molecule has 0 saturated heterocycles. The van der Waals surface area contributed by atoms with E-state index in [0.29, 0.717) is 31.9 Å². The van der Waals surface area contributed by atoms with Gasteiger partial charge in [-0.1, -0.05) is 12.5 Å². The molecule has 0 unspecified atom stereocenters. The Kier molecular flexibility index (Phi) is 8.20. The largest absolute Gasteiger partial charge is 0.748 e. The number of hydrogen-bond donors (Lipinski definition) is 0. The van der Waals surface area contributed by atoms with Gasteiger partial charge in [0.25, 0.3) is 0 Å². The summed E-state index contributed by atoms with van der Waals surface area (Å²) >= 11 is 0. The molecule has 1 aliphatic carbocycles. The lowest BCUT2D eigenvalue weighted by atomic mass is 9.87. The third-order valence-electron chi connectivity index (χ3n) is 7.07. The second-order valence-electron chi connectivity index (χ2n) is 10.6. The first-order valence-electron chi connectivity index (χ1n) is 12.8. The number of ether oxygens (including phenoxy) is 1. The Morgan fingerprint density at radius 1 is 1.10 bits per heavy atom. The van der Waals surface area contributed by atoms with Crippen LogP contribution in [0.3, 0.4) is 0 Å². The highest BCUT2D eigenvalue weighted by atomic mass is 32.2. The average Bonchev–Trinajstić information content (AvgIpc) is 3.14. The maximum absolute atomic E-state index is 13.7. The van der Waals surface area contributed by atoms with Crippen molar-refractivity contribution in [2.75, 3.05) is 17.2 Å². The van der Waals surface area contributed by atoms with Gasteiger partial charge in [-0.2, -0.15) is 13.2 Å². The topological polar surface area (TPSA) is 151 Å². The molecule has 2 heterocycles. The Balaban J connectivity index is 1.58. The second kappa shape index (κ2) is 11.0. The van der Waals surface area contributed by atoms with Gasteiger partial charge in [0.15, 0.2) is 11.6 Å². The van der Waals surface area contributed by atoms with Gasteiger partial charge in [0, 0.05) is 54.6 Å². The van der Waals surface area contributed by atoms with Crippen LogP contribution < -0.4 is 10.5 Å². The number of rotatable bonds is 9. The lowest BCUT2D eigenvalue weighted by Gasteiger charge is -2.44. The molecule has 0 N–H and O–H groups in total. The normalized spacial score (nSPS) is 17.6. The third kappa shape index (κ3) is 6.87. The van der Waals surface area contributed by atoms with Gasteiger partial charge in [-0.25, -0.2) is 13.2 Å². The number of nitrogens with zero attached hydrogens (tertiary/aromatic N) is 1. The number of benzene rings is 1. The van der Waals surface area contributed by atoms with Crippen LogP contribution in [0.1, 0.15) is 63.5 Å². The molecule has 10 nitrogen and oxygen atoms in total. The quantitative estimate of drug-likeness (QED) is 0.137. The molecule has 0 amide bonds. The van der Waals surface area contributed by atoms with Crippen molar-refractivity contribution in [3.05, 3.63) is 45.8 Å². The Morgan fingerprint density at radius 2 is 1.76 bits per heavy atom. The molecule has 0 atom stereocenters. The Bertz CT molecular complexity index is 1590. The van der Waals surface area contributed by atoms with Crippen molar-refractivity contribution in [2.24, 2.45) is 0 Å². The van der Waals surface area contributed by atoms with Crippen LogP contribution in [-0.4, -0.2) is 54.4 Å². The summed E-state index contributed by atoms with van der Waals surface area (Å²) in [5, 5.41) is -0.456. The summed E-state index contributed by atoms with van der Waals surface area (Å²) in [4.78, 5) is 49.1. The molecule has 1 saturated carbocycles. The number of carbonyl (C=O) groups excluding carboxylic acids is 3. The van der Waals surface area contributed by atoms with Gasteiger partial charge in [0.05, 0.1) is 27.0 Å². The van der Waals surface area contributed by atoms with E-state index in [1.54, 1.807) is 18.7 Å². The average molecular weight is 599 g/mol. The molecular formula is C27H27F3NO9S-. The van der Waals surface area contributed by atoms with E-state index < -0.39 is 67.8 Å². The van der Waals surface area contributed by atoms with Crippen LogP contribution in [-0.2, 0) is 35.4 Å². The first kappa shape index (κ1) is 30.4. The third-order valence-corrected chi connectivity index (χ3v) is 7.74. The zero-order chi connectivity index (χ0) is 30.3. The molecule has 0 radical (unpaired) electrons. The van der Waals surface area contributed by atoms with E-state index in [2.05, 4.69) is 0 Å². The molecule has 2 aliphatic rings. The van der Waals surface area contributed by atoms with Gasteiger partial charge < -0.3 is 18.6 Å². The van der Waals surface area contributed by atoms with E-state index in [-0.39, 0.29) is 41.7 Å². The van der Waals surface area contributed by atoms with Crippen molar-refractivity contribution in [1.29, 1.82) is 0 Å². The minimum absolute atomic E-state index is 0.0243. The number of esters is 1. The minimum atomic E-state index is -4.90. The molecule has 1 aromatic heterocycles. The summed E-state index contributed by atoms with van der Waals surface area (Å²) in [6, 6.07) is 2.63. The summed E-state index contributed by atoms with van der Waals surface area (Å²) in [6.07, 6.45) is -3.31. The molecule has 222 valence electrons. The monoisotopic (exact) mass is 598 g/mol. The van der Waals surface area contributed by atoms with E-state index in [1.807, 2.05) is 0 Å². The summed E-state index contributed by atoms with van der Waals surface area (Å²) < 4.78 is 86.2. The fourth-order valence-electron chi connectivity index (χ4n) is 5.25. The zero-order valence-electron chi connectivity index (χ0n) is 22.2. The van der Waals surface area contributed by atoms with E-state index >= 15 is 0 Å². The summed E-state index contributed by atoms with van der Waals surface area (Å²) in [6.45, 7) is 3.76. The highest BCUT2D eigenvalue weighted by molar-refractivity contribution is 7.86. The van der Waals surface area contributed by atoms with Gasteiger partial charge in [0.2, 0.25) is 6.10 Å². The molecule has 1 aromatic carbocycles. The standard InChI is InChI=1S/C27H28F3NO9S/c1-26(2)13-15(14-41(36,37)38)16-10-17-18(27(28,29)30)11-24(35)39-22(17)12-19(16)31(26)9-5-3-4-6-23(34)40-25-20(32)7-8-21(25)33/h10-13,25H,3-9,14H2,1-2H3,(H,36,37,38)/p-1. The number of fused-ring (bicyclic) bond motifs is 2. The maximum atomic E-state index is 13.7. The Labute approximate surface area is 232 Å². The maximum Gasteiger partial charge on any atom is 0.417 e. The molecule has 0 bridgehead atoms. The number of Topliss-reactive ketones (excluding diaryl/α,β-unsaturated/α-hetero) is 2. The van der Waals surface area contributed by atoms with Crippen molar-refractivity contribution >= 4 is 49.9 Å². The predicted octanol–water partition coefficient (Wildman–Crippen LogP) is 3.74. The number of unbranched alkanes of at least 4 members (excludes halogenated alkanes) is 2. The van der Waals surface area contributed by atoms with E-state index in [0.717, 1.165) is 6.07 Å². The van der Waals surface area contributed by atoms with Gasteiger partial charge >= 0.3 is 17.8 Å². The minimum Gasteiger partial charge on any atom is -0.748 e. The lowest BCUT2D eigenvalue weighted by Crippen LogP contribution is -2.46. The smallest absolute Gasteiger partial charge is 0.417 e. The Hall–Kier alpha value is -3.52. The molecule has 1 aliphatic heterocycles.